The molecule has 0 spiro atoms. The van der Waals surface area contributed by atoms with Crippen molar-refractivity contribution in [1.29, 1.82) is 0 Å². The minimum atomic E-state index is 0.0824. The predicted molar refractivity (Wildman–Crippen MR) is 65.5 cm³/mol. The third kappa shape index (κ3) is 4.04. The molecule has 1 N–H and O–H groups in total. The Balaban J connectivity index is 2.22. The number of hydrogen-bond donors (Lipinski definition) is 1. The van der Waals surface area contributed by atoms with E-state index in [1.165, 1.54) is 30.6 Å². The lowest BCUT2D eigenvalue weighted by molar-refractivity contribution is 0.0956. The van der Waals surface area contributed by atoms with Crippen molar-refractivity contribution in [3.8, 4) is 0 Å². The van der Waals surface area contributed by atoms with Crippen LogP contribution in [0.25, 0.3) is 0 Å². The molecule has 84 valence electrons. The van der Waals surface area contributed by atoms with Crippen molar-refractivity contribution in [2.45, 2.75) is 39.5 Å². The number of carbonyl (C=O) groups excluding carboxylic acids is 1. The summed E-state index contributed by atoms with van der Waals surface area (Å²) >= 11 is 1.51. The number of carbonyl (C=O) groups is 1. The van der Waals surface area contributed by atoms with Crippen molar-refractivity contribution in [3.63, 3.8) is 0 Å². The van der Waals surface area contributed by atoms with Crippen LogP contribution >= 0.6 is 11.3 Å². The van der Waals surface area contributed by atoms with Gasteiger partial charge in [0.15, 0.2) is 0 Å². The van der Waals surface area contributed by atoms with E-state index in [1.807, 2.05) is 18.4 Å². The van der Waals surface area contributed by atoms with Crippen LogP contribution in [0, 0.1) is 6.92 Å². The van der Waals surface area contributed by atoms with E-state index >= 15 is 0 Å². The first-order valence-corrected chi connectivity index (χ1v) is 6.46. The largest absolute Gasteiger partial charge is 0.351 e. The van der Waals surface area contributed by atoms with Crippen molar-refractivity contribution in [2.75, 3.05) is 6.54 Å². The Hall–Kier alpha value is -0.830. The van der Waals surface area contributed by atoms with Crippen LogP contribution in [0.4, 0.5) is 0 Å². The summed E-state index contributed by atoms with van der Waals surface area (Å²) < 4.78 is 0. The van der Waals surface area contributed by atoms with Gasteiger partial charge in [-0.05, 0) is 30.4 Å². The van der Waals surface area contributed by atoms with Gasteiger partial charge in [0, 0.05) is 6.54 Å². The van der Waals surface area contributed by atoms with Gasteiger partial charge in [0.25, 0.3) is 5.91 Å². The van der Waals surface area contributed by atoms with Gasteiger partial charge in [0.05, 0.1) is 4.88 Å². The zero-order valence-electron chi connectivity index (χ0n) is 9.51. The van der Waals surface area contributed by atoms with Crippen molar-refractivity contribution < 1.29 is 4.79 Å². The molecule has 0 aliphatic rings. The minimum absolute atomic E-state index is 0.0824. The number of thiophene rings is 1. The molecule has 0 saturated carbocycles. The smallest absolute Gasteiger partial charge is 0.261 e. The van der Waals surface area contributed by atoms with Crippen LogP contribution in [-0.2, 0) is 0 Å². The fraction of sp³-hybridized carbons (Fsp3) is 0.583. The molecule has 3 heteroatoms. The highest BCUT2D eigenvalue weighted by molar-refractivity contribution is 7.12. The van der Waals surface area contributed by atoms with Crippen LogP contribution < -0.4 is 5.32 Å². The SMILES string of the molecule is CCCCCCNC(=O)c1sccc1C. The fourth-order valence-electron chi connectivity index (χ4n) is 1.44. The lowest BCUT2D eigenvalue weighted by atomic mass is 10.2. The molecule has 1 aromatic rings. The van der Waals surface area contributed by atoms with E-state index in [9.17, 15) is 4.79 Å². The quantitative estimate of drug-likeness (QED) is 0.739. The maximum atomic E-state index is 11.7. The minimum Gasteiger partial charge on any atom is -0.351 e. The van der Waals surface area contributed by atoms with E-state index < -0.39 is 0 Å². The molecule has 0 aliphatic carbocycles. The maximum Gasteiger partial charge on any atom is 0.261 e. The molecule has 1 amide bonds. The molecule has 0 radical (unpaired) electrons. The van der Waals surface area contributed by atoms with Crippen LogP contribution in [0.2, 0.25) is 0 Å². The van der Waals surface area contributed by atoms with Crippen LogP contribution in [0.5, 0.6) is 0 Å². The Morgan fingerprint density at radius 1 is 1.40 bits per heavy atom. The van der Waals surface area contributed by atoms with E-state index in [2.05, 4.69) is 12.2 Å². The highest BCUT2D eigenvalue weighted by Gasteiger charge is 2.08. The second-order valence-corrected chi connectivity index (χ2v) is 4.67. The zero-order chi connectivity index (χ0) is 11.1. The van der Waals surface area contributed by atoms with Crippen molar-refractivity contribution in [3.05, 3.63) is 21.9 Å². The Labute approximate surface area is 95.7 Å². The molecule has 2 nitrogen and oxygen atoms in total. The first-order chi connectivity index (χ1) is 7.25. The molecule has 0 bridgehead atoms. The second-order valence-electron chi connectivity index (χ2n) is 3.75. The van der Waals surface area contributed by atoms with Gasteiger partial charge >= 0.3 is 0 Å². The number of unbranched alkanes of at least 4 members (excludes halogenated alkanes) is 3. The number of rotatable bonds is 6. The van der Waals surface area contributed by atoms with Gasteiger partial charge in [0.1, 0.15) is 0 Å². The van der Waals surface area contributed by atoms with Crippen molar-refractivity contribution in [1.82, 2.24) is 5.32 Å². The normalized spacial score (nSPS) is 10.3. The molecule has 1 rings (SSSR count). The predicted octanol–water partition coefficient (Wildman–Crippen LogP) is 3.37. The lowest BCUT2D eigenvalue weighted by Crippen LogP contribution is -2.24. The standard InChI is InChI=1S/C12H19NOS/c1-3-4-5-6-8-13-12(14)11-10(2)7-9-15-11/h7,9H,3-6,8H2,1-2H3,(H,13,14). The Bertz CT molecular complexity index is 306. The van der Waals surface area contributed by atoms with Crippen molar-refractivity contribution in [2.24, 2.45) is 0 Å². The van der Waals surface area contributed by atoms with Gasteiger partial charge in [-0.3, -0.25) is 4.79 Å². The molecule has 15 heavy (non-hydrogen) atoms. The number of amides is 1. The number of nitrogens with one attached hydrogen (secondary N) is 1. The van der Waals surface area contributed by atoms with Crippen molar-refractivity contribution >= 4 is 17.2 Å². The monoisotopic (exact) mass is 225 g/mol. The summed E-state index contributed by atoms with van der Waals surface area (Å²) in [5.41, 5.74) is 1.08. The summed E-state index contributed by atoms with van der Waals surface area (Å²) in [5.74, 6) is 0.0824. The van der Waals surface area contributed by atoms with Crippen LogP contribution in [-0.4, -0.2) is 12.5 Å². The van der Waals surface area contributed by atoms with E-state index in [0.717, 1.165) is 23.4 Å². The highest BCUT2D eigenvalue weighted by atomic mass is 32.1. The molecule has 0 atom stereocenters. The lowest BCUT2D eigenvalue weighted by Gasteiger charge is -2.03. The van der Waals surface area contributed by atoms with Crippen LogP contribution in [0.15, 0.2) is 11.4 Å². The molecule has 0 aromatic carbocycles. The summed E-state index contributed by atoms with van der Waals surface area (Å²) in [4.78, 5) is 12.5. The molecule has 1 heterocycles. The van der Waals surface area contributed by atoms with Gasteiger partial charge < -0.3 is 5.32 Å². The van der Waals surface area contributed by atoms with Gasteiger partial charge in [-0.1, -0.05) is 26.2 Å². The summed E-state index contributed by atoms with van der Waals surface area (Å²) in [7, 11) is 0. The summed E-state index contributed by atoms with van der Waals surface area (Å²) in [6.45, 7) is 4.96. The van der Waals surface area contributed by atoms with E-state index in [4.69, 9.17) is 0 Å². The van der Waals surface area contributed by atoms with Gasteiger partial charge in [0.2, 0.25) is 0 Å². The van der Waals surface area contributed by atoms with E-state index in [1.54, 1.807) is 0 Å². The summed E-state index contributed by atoms with van der Waals surface area (Å²) in [6, 6.07) is 1.98. The number of hydrogen-bond acceptors (Lipinski definition) is 2. The highest BCUT2D eigenvalue weighted by Crippen LogP contribution is 2.14. The third-order valence-corrected chi connectivity index (χ3v) is 3.40. The average Bonchev–Trinajstić information content (AvgIpc) is 2.64. The number of aryl methyl sites for hydroxylation is 1. The van der Waals surface area contributed by atoms with E-state index in [-0.39, 0.29) is 5.91 Å². The molecule has 1 aromatic heterocycles. The molecular weight excluding hydrogens is 206 g/mol. The molecular formula is C12H19NOS. The topological polar surface area (TPSA) is 29.1 Å². The van der Waals surface area contributed by atoms with Gasteiger partial charge in [-0.2, -0.15) is 0 Å². The second kappa shape index (κ2) is 6.62. The summed E-state index contributed by atoms with van der Waals surface area (Å²) in [6.07, 6.45) is 4.79. The maximum absolute atomic E-state index is 11.7. The zero-order valence-corrected chi connectivity index (χ0v) is 10.3. The fourth-order valence-corrected chi connectivity index (χ4v) is 2.28. The average molecular weight is 225 g/mol. The molecule has 0 aliphatic heterocycles. The van der Waals surface area contributed by atoms with Gasteiger partial charge in [-0.15, -0.1) is 11.3 Å². The van der Waals surface area contributed by atoms with Gasteiger partial charge in [-0.25, -0.2) is 0 Å². The summed E-state index contributed by atoms with van der Waals surface area (Å²) in [5, 5.41) is 4.92. The molecule has 0 unspecified atom stereocenters. The Kier molecular flexibility index (Phi) is 5.40. The Morgan fingerprint density at radius 2 is 2.20 bits per heavy atom. The first kappa shape index (κ1) is 12.2. The molecule has 0 saturated heterocycles. The third-order valence-electron chi connectivity index (χ3n) is 2.38. The van der Waals surface area contributed by atoms with E-state index in [0.29, 0.717) is 0 Å². The molecule has 0 fully saturated rings. The van der Waals surface area contributed by atoms with Crippen LogP contribution in [0.3, 0.4) is 0 Å². The Morgan fingerprint density at radius 3 is 2.80 bits per heavy atom. The first-order valence-electron chi connectivity index (χ1n) is 5.58. The van der Waals surface area contributed by atoms with Crippen LogP contribution in [0.1, 0.15) is 47.8 Å².